The number of carbonyl (C=O) groups is 1. The zero-order chi connectivity index (χ0) is 21.9. The van der Waals surface area contributed by atoms with Gasteiger partial charge in [-0.25, -0.2) is 13.6 Å². The van der Waals surface area contributed by atoms with Gasteiger partial charge in [-0.3, -0.25) is 4.79 Å². The Morgan fingerprint density at radius 3 is 2.07 bits per heavy atom. The van der Waals surface area contributed by atoms with Gasteiger partial charge in [0.1, 0.15) is 5.56 Å². The van der Waals surface area contributed by atoms with Crippen molar-refractivity contribution in [3.8, 4) is 0 Å². The molecular weight excluding hydrogens is 388 g/mol. The van der Waals surface area contributed by atoms with E-state index in [0.717, 1.165) is 31.4 Å². The van der Waals surface area contributed by atoms with E-state index in [0.29, 0.717) is 12.1 Å². The Morgan fingerprint density at radius 2 is 1.47 bits per heavy atom. The molecule has 0 aliphatic heterocycles. The lowest BCUT2D eigenvalue weighted by molar-refractivity contribution is 0.0524. The molecule has 6 heteroatoms. The second-order valence-electron chi connectivity index (χ2n) is 7.75. The molecule has 0 amide bonds. The highest BCUT2D eigenvalue weighted by molar-refractivity contribution is 5.93. The molecule has 2 aromatic rings. The van der Waals surface area contributed by atoms with Gasteiger partial charge in [0.25, 0.3) is 0 Å². The second-order valence-corrected chi connectivity index (χ2v) is 7.75. The SMILES string of the molecule is CCCCCCCCCCCCn1cc(C(=O)OCC)c(=O)c2cc(F)c(F)cc21. The van der Waals surface area contributed by atoms with Crippen LogP contribution in [-0.4, -0.2) is 17.1 Å². The van der Waals surface area contributed by atoms with Crippen molar-refractivity contribution in [2.75, 3.05) is 6.61 Å². The number of benzene rings is 1. The zero-order valence-electron chi connectivity index (χ0n) is 18.1. The zero-order valence-corrected chi connectivity index (χ0v) is 18.1. The number of pyridine rings is 1. The molecule has 0 N–H and O–H groups in total. The van der Waals surface area contributed by atoms with Crippen molar-refractivity contribution in [3.05, 3.63) is 45.8 Å². The van der Waals surface area contributed by atoms with E-state index in [1.165, 1.54) is 51.1 Å². The fourth-order valence-corrected chi connectivity index (χ4v) is 3.69. The molecule has 0 fully saturated rings. The van der Waals surface area contributed by atoms with Crippen LogP contribution in [-0.2, 0) is 11.3 Å². The highest BCUT2D eigenvalue weighted by Crippen LogP contribution is 2.19. The van der Waals surface area contributed by atoms with E-state index < -0.39 is 23.0 Å². The van der Waals surface area contributed by atoms with Gasteiger partial charge in [-0.15, -0.1) is 0 Å². The maximum absolute atomic E-state index is 13.8. The van der Waals surface area contributed by atoms with Crippen molar-refractivity contribution in [3.63, 3.8) is 0 Å². The summed E-state index contributed by atoms with van der Waals surface area (Å²) < 4.78 is 34.1. The minimum Gasteiger partial charge on any atom is -0.462 e. The van der Waals surface area contributed by atoms with Gasteiger partial charge in [0.05, 0.1) is 12.1 Å². The Morgan fingerprint density at radius 1 is 0.900 bits per heavy atom. The first-order valence-electron chi connectivity index (χ1n) is 11.2. The number of hydrogen-bond acceptors (Lipinski definition) is 3. The number of carbonyl (C=O) groups excluding carboxylic acids is 1. The van der Waals surface area contributed by atoms with Crippen molar-refractivity contribution in [2.45, 2.75) is 84.6 Å². The summed E-state index contributed by atoms with van der Waals surface area (Å²) in [4.78, 5) is 24.8. The standard InChI is InChI=1S/C24H33F2NO3/c1-3-5-6-7-8-9-10-11-12-13-14-27-17-19(24(29)30-4-2)23(28)18-15-20(25)21(26)16-22(18)27/h15-17H,3-14H2,1-2H3. The number of aromatic nitrogens is 1. The van der Waals surface area contributed by atoms with Crippen molar-refractivity contribution in [1.82, 2.24) is 4.57 Å². The fraction of sp³-hybridized carbons (Fsp3) is 0.583. The molecule has 0 aliphatic rings. The van der Waals surface area contributed by atoms with Crippen LogP contribution in [0.5, 0.6) is 0 Å². The Kier molecular flexibility index (Phi) is 9.98. The lowest BCUT2D eigenvalue weighted by atomic mass is 10.1. The first-order chi connectivity index (χ1) is 14.5. The summed E-state index contributed by atoms with van der Waals surface area (Å²) in [5.74, 6) is -2.86. The first kappa shape index (κ1) is 24.0. The molecule has 0 bridgehead atoms. The summed E-state index contributed by atoms with van der Waals surface area (Å²) in [7, 11) is 0. The van der Waals surface area contributed by atoms with Crippen molar-refractivity contribution in [2.24, 2.45) is 0 Å². The third-order valence-electron chi connectivity index (χ3n) is 5.37. The molecule has 1 heterocycles. The topological polar surface area (TPSA) is 48.3 Å². The smallest absolute Gasteiger partial charge is 0.343 e. The van der Waals surface area contributed by atoms with E-state index in [1.807, 2.05) is 0 Å². The Bertz CT molecular complexity index is 892. The highest BCUT2D eigenvalue weighted by atomic mass is 19.2. The number of fused-ring (bicyclic) bond motifs is 1. The summed E-state index contributed by atoms with van der Waals surface area (Å²) in [6, 6.07) is 1.89. The minimum absolute atomic E-state index is 0.00784. The number of nitrogens with zero attached hydrogens (tertiary/aromatic N) is 1. The molecule has 0 radical (unpaired) electrons. The minimum atomic E-state index is -1.11. The van der Waals surface area contributed by atoms with Gasteiger partial charge in [0.2, 0.25) is 5.43 Å². The highest BCUT2D eigenvalue weighted by Gasteiger charge is 2.18. The van der Waals surface area contributed by atoms with Crippen LogP contribution in [0, 0.1) is 11.6 Å². The molecule has 2 rings (SSSR count). The van der Waals surface area contributed by atoms with Gasteiger partial charge in [-0.05, 0) is 19.4 Å². The molecule has 0 saturated heterocycles. The molecule has 1 aromatic carbocycles. The van der Waals surface area contributed by atoms with Gasteiger partial charge < -0.3 is 9.30 Å². The van der Waals surface area contributed by atoms with Crippen LogP contribution in [0.2, 0.25) is 0 Å². The van der Waals surface area contributed by atoms with E-state index >= 15 is 0 Å². The summed E-state index contributed by atoms with van der Waals surface area (Å²) in [6.07, 6.45) is 13.2. The molecule has 166 valence electrons. The number of esters is 1. The quantitative estimate of drug-likeness (QED) is 0.279. The van der Waals surface area contributed by atoms with Crippen LogP contribution in [0.15, 0.2) is 23.1 Å². The second kappa shape index (κ2) is 12.5. The van der Waals surface area contributed by atoms with Gasteiger partial charge in [-0.2, -0.15) is 0 Å². The Labute approximate surface area is 177 Å². The van der Waals surface area contributed by atoms with Gasteiger partial charge in [0.15, 0.2) is 11.6 Å². The number of rotatable bonds is 13. The van der Waals surface area contributed by atoms with E-state index in [-0.39, 0.29) is 17.6 Å². The van der Waals surface area contributed by atoms with E-state index in [4.69, 9.17) is 4.74 Å². The lowest BCUT2D eigenvalue weighted by Crippen LogP contribution is -2.21. The number of hydrogen-bond donors (Lipinski definition) is 0. The normalized spacial score (nSPS) is 11.2. The molecule has 0 saturated carbocycles. The third-order valence-corrected chi connectivity index (χ3v) is 5.37. The molecule has 1 aromatic heterocycles. The molecule has 0 atom stereocenters. The van der Waals surface area contributed by atoms with Crippen LogP contribution in [0.25, 0.3) is 10.9 Å². The van der Waals surface area contributed by atoms with Gasteiger partial charge in [0, 0.05) is 24.2 Å². The van der Waals surface area contributed by atoms with Crippen LogP contribution in [0.3, 0.4) is 0 Å². The summed E-state index contributed by atoms with van der Waals surface area (Å²) >= 11 is 0. The lowest BCUT2D eigenvalue weighted by Gasteiger charge is -2.13. The third kappa shape index (κ3) is 6.64. The van der Waals surface area contributed by atoms with E-state index in [1.54, 1.807) is 11.5 Å². The molecule has 0 aliphatic carbocycles. The molecule has 4 nitrogen and oxygen atoms in total. The van der Waals surface area contributed by atoms with Crippen LogP contribution >= 0.6 is 0 Å². The molecule has 0 spiro atoms. The van der Waals surface area contributed by atoms with Gasteiger partial charge >= 0.3 is 5.97 Å². The van der Waals surface area contributed by atoms with Crippen LogP contribution in [0.4, 0.5) is 8.78 Å². The number of aryl methyl sites for hydroxylation is 1. The first-order valence-corrected chi connectivity index (χ1v) is 11.2. The average molecular weight is 422 g/mol. The Hall–Kier alpha value is -2.24. The number of ether oxygens (including phenoxy) is 1. The molecule has 30 heavy (non-hydrogen) atoms. The van der Waals surface area contributed by atoms with Crippen molar-refractivity contribution in [1.29, 1.82) is 0 Å². The fourth-order valence-electron chi connectivity index (χ4n) is 3.69. The summed E-state index contributed by atoms with van der Waals surface area (Å²) in [5, 5.41) is -0.00784. The predicted molar refractivity (Wildman–Crippen MR) is 116 cm³/mol. The molecule has 0 unspecified atom stereocenters. The maximum atomic E-state index is 13.8. The van der Waals surface area contributed by atoms with E-state index in [2.05, 4.69) is 6.92 Å². The van der Waals surface area contributed by atoms with Crippen LogP contribution < -0.4 is 5.43 Å². The largest absolute Gasteiger partial charge is 0.462 e. The number of halogens is 2. The maximum Gasteiger partial charge on any atom is 0.343 e. The number of unbranched alkanes of at least 4 members (excludes halogenated alkanes) is 9. The van der Waals surface area contributed by atoms with E-state index in [9.17, 15) is 18.4 Å². The Balaban J connectivity index is 2.03. The van der Waals surface area contributed by atoms with Gasteiger partial charge in [-0.1, -0.05) is 64.7 Å². The van der Waals surface area contributed by atoms with Crippen molar-refractivity contribution < 1.29 is 18.3 Å². The average Bonchev–Trinajstić information content (AvgIpc) is 2.72. The summed E-state index contributed by atoms with van der Waals surface area (Å²) in [6.45, 7) is 4.51. The van der Waals surface area contributed by atoms with Crippen LogP contribution in [0.1, 0.15) is 88.4 Å². The monoisotopic (exact) mass is 421 g/mol. The predicted octanol–water partition coefficient (Wildman–Crippen LogP) is 6.38. The molecular formula is C24H33F2NO3. The summed E-state index contributed by atoms with van der Waals surface area (Å²) in [5.41, 5.74) is -0.494. The van der Waals surface area contributed by atoms with Crippen molar-refractivity contribution >= 4 is 16.9 Å².